The van der Waals surface area contributed by atoms with Crippen molar-refractivity contribution in [3.05, 3.63) is 71.1 Å². The first-order valence-electron chi connectivity index (χ1n) is 9.03. The summed E-state index contributed by atoms with van der Waals surface area (Å²) in [5.41, 5.74) is 2.65. The van der Waals surface area contributed by atoms with Crippen molar-refractivity contribution in [2.24, 2.45) is 0 Å². The van der Waals surface area contributed by atoms with Crippen molar-refractivity contribution in [2.75, 3.05) is 13.1 Å². The number of halogens is 2. The third kappa shape index (κ3) is 3.74. The van der Waals surface area contributed by atoms with Gasteiger partial charge >= 0.3 is 0 Å². The summed E-state index contributed by atoms with van der Waals surface area (Å²) in [6.07, 6.45) is 3.19. The molecule has 0 spiro atoms. The van der Waals surface area contributed by atoms with Gasteiger partial charge in [0.05, 0.1) is 11.4 Å². The second-order valence-corrected chi connectivity index (χ2v) is 7.10. The minimum atomic E-state index is -0.305. The Labute approximate surface area is 162 Å². The number of carbonyl (C=O) groups excluding carboxylic acids is 1. The van der Waals surface area contributed by atoms with Gasteiger partial charge in [-0.2, -0.15) is 5.10 Å². The van der Waals surface area contributed by atoms with Crippen LogP contribution in [0.3, 0.4) is 0 Å². The fraction of sp³-hybridized carbons (Fsp3) is 0.238. The highest BCUT2D eigenvalue weighted by molar-refractivity contribution is 6.30. The minimum Gasteiger partial charge on any atom is -0.337 e. The molecule has 0 aliphatic carbocycles. The van der Waals surface area contributed by atoms with Gasteiger partial charge in [-0.25, -0.2) is 9.07 Å². The molecule has 2 heterocycles. The van der Waals surface area contributed by atoms with Crippen molar-refractivity contribution in [3.63, 3.8) is 0 Å². The Morgan fingerprint density at radius 1 is 0.963 bits per heavy atom. The molecule has 1 aliphatic heterocycles. The van der Waals surface area contributed by atoms with Crippen LogP contribution in [-0.2, 0) is 0 Å². The third-order valence-corrected chi connectivity index (χ3v) is 5.03. The van der Waals surface area contributed by atoms with Crippen LogP contribution in [0.2, 0.25) is 5.02 Å². The molecule has 138 valence electrons. The van der Waals surface area contributed by atoms with Crippen LogP contribution in [0.1, 0.15) is 29.8 Å². The maximum atomic E-state index is 13.3. The Morgan fingerprint density at radius 2 is 1.63 bits per heavy atom. The van der Waals surface area contributed by atoms with E-state index in [9.17, 15) is 9.18 Å². The molecule has 4 rings (SSSR count). The van der Waals surface area contributed by atoms with Gasteiger partial charge < -0.3 is 4.90 Å². The predicted octanol–water partition coefficient (Wildman–Crippen LogP) is 4.96. The summed E-state index contributed by atoms with van der Waals surface area (Å²) in [6.45, 7) is 1.52. The molecule has 1 aliphatic rings. The molecule has 0 bridgehead atoms. The van der Waals surface area contributed by atoms with E-state index in [1.54, 1.807) is 35.0 Å². The van der Waals surface area contributed by atoms with Crippen LogP contribution in [0.4, 0.5) is 4.39 Å². The molecule has 1 saturated heterocycles. The zero-order valence-electron chi connectivity index (χ0n) is 14.7. The number of likely N-dealkylation sites (tertiary alicyclic amines) is 1. The van der Waals surface area contributed by atoms with Gasteiger partial charge in [-0.15, -0.1) is 0 Å². The van der Waals surface area contributed by atoms with Gasteiger partial charge in [-0.05, 0) is 73.9 Å². The van der Waals surface area contributed by atoms with Crippen LogP contribution < -0.4 is 0 Å². The zero-order valence-corrected chi connectivity index (χ0v) is 15.5. The second-order valence-electron chi connectivity index (χ2n) is 6.66. The molecular weight excluding hydrogens is 365 g/mol. The van der Waals surface area contributed by atoms with Crippen LogP contribution in [0, 0.1) is 5.82 Å². The Hall–Kier alpha value is -2.66. The molecule has 3 aromatic rings. The van der Waals surface area contributed by atoms with Gasteiger partial charge in [0.2, 0.25) is 0 Å². The van der Waals surface area contributed by atoms with E-state index in [0.29, 0.717) is 16.4 Å². The summed E-state index contributed by atoms with van der Waals surface area (Å²) in [7, 11) is 0. The number of carbonyl (C=O) groups is 1. The highest BCUT2D eigenvalue weighted by Gasteiger charge is 2.24. The Bertz CT molecular complexity index is 945. The summed E-state index contributed by atoms with van der Waals surface area (Å²) in [4.78, 5) is 15.0. The SMILES string of the molecule is O=C(c1cc(-c2ccc(F)cc2)nn1-c1ccc(Cl)cc1)N1CCCCC1. The number of hydrogen-bond acceptors (Lipinski definition) is 2. The molecule has 1 fully saturated rings. The average molecular weight is 384 g/mol. The number of hydrogen-bond donors (Lipinski definition) is 0. The number of benzene rings is 2. The van der Waals surface area contributed by atoms with Crippen LogP contribution >= 0.6 is 11.6 Å². The first-order chi connectivity index (χ1) is 13.1. The van der Waals surface area contributed by atoms with Crippen LogP contribution in [-0.4, -0.2) is 33.7 Å². The molecule has 4 nitrogen and oxygen atoms in total. The summed E-state index contributed by atoms with van der Waals surface area (Å²) in [5.74, 6) is -0.342. The van der Waals surface area contributed by atoms with Gasteiger partial charge in [0.1, 0.15) is 11.5 Å². The van der Waals surface area contributed by atoms with Crippen molar-refractivity contribution >= 4 is 17.5 Å². The molecule has 1 aromatic heterocycles. The van der Waals surface area contributed by atoms with Crippen LogP contribution in [0.5, 0.6) is 0 Å². The quantitative estimate of drug-likeness (QED) is 0.641. The zero-order chi connectivity index (χ0) is 18.8. The summed E-state index contributed by atoms with van der Waals surface area (Å²) in [6, 6.07) is 15.1. The molecule has 1 amide bonds. The van der Waals surface area contributed by atoms with Crippen molar-refractivity contribution in [1.82, 2.24) is 14.7 Å². The van der Waals surface area contributed by atoms with Crippen LogP contribution in [0.25, 0.3) is 16.9 Å². The lowest BCUT2D eigenvalue weighted by molar-refractivity contribution is 0.0715. The fourth-order valence-corrected chi connectivity index (χ4v) is 3.46. The number of rotatable bonds is 3. The monoisotopic (exact) mass is 383 g/mol. The smallest absolute Gasteiger partial charge is 0.272 e. The maximum Gasteiger partial charge on any atom is 0.272 e. The minimum absolute atomic E-state index is 0.0366. The topological polar surface area (TPSA) is 38.1 Å². The second kappa shape index (κ2) is 7.53. The van der Waals surface area contributed by atoms with E-state index in [1.807, 2.05) is 17.0 Å². The highest BCUT2D eigenvalue weighted by Crippen LogP contribution is 2.24. The Morgan fingerprint density at radius 3 is 2.30 bits per heavy atom. The molecule has 0 saturated carbocycles. The Kier molecular flexibility index (Phi) is 4.94. The molecular formula is C21H19ClFN3O. The summed E-state index contributed by atoms with van der Waals surface area (Å²) < 4.78 is 14.9. The van der Waals surface area contributed by atoms with E-state index in [0.717, 1.165) is 43.6 Å². The van der Waals surface area contributed by atoms with E-state index in [-0.39, 0.29) is 11.7 Å². The van der Waals surface area contributed by atoms with Crippen LogP contribution in [0.15, 0.2) is 54.6 Å². The molecule has 6 heteroatoms. The van der Waals surface area contributed by atoms with Crippen molar-refractivity contribution in [1.29, 1.82) is 0 Å². The predicted molar refractivity (Wildman–Crippen MR) is 104 cm³/mol. The van der Waals surface area contributed by atoms with Gasteiger partial charge in [0.15, 0.2) is 0 Å². The molecule has 0 radical (unpaired) electrons. The van der Waals surface area contributed by atoms with E-state index in [1.165, 1.54) is 12.1 Å². The van der Waals surface area contributed by atoms with Gasteiger partial charge in [-0.3, -0.25) is 4.79 Å². The van der Waals surface area contributed by atoms with E-state index >= 15 is 0 Å². The third-order valence-electron chi connectivity index (χ3n) is 4.78. The molecule has 2 aromatic carbocycles. The normalized spacial score (nSPS) is 14.4. The molecule has 27 heavy (non-hydrogen) atoms. The lowest BCUT2D eigenvalue weighted by Gasteiger charge is -2.26. The number of amides is 1. The lowest BCUT2D eigenvalue weighted by Crippen LogP contribution is -2.36. The standard InChI is InChI=1S/C21H19ClFN3O/c22-16-6-10-18(11-7-16)26-20(21(27)25-12-2-1-3-13-25)14-19(24-26)15-4-8-17(23)9-5-15/h4-11,14H,1-3,12-13H2. The fourth-order valence-electron chi connectivity index (χ4n) is 3.33. The maximum absolute atomic E-state index is 13.3. The van der Waals surface area contributed by atoms with Crippen molar-refractivity contribution < 1.29 is 9.18 Å². The highest BCUT2D eigenvalue weighted by atomic mass is 35.5. The molecule has 0 unspecified atom stereocenters. The van der Waals surface area contributed by atoms with Crippen molar-refractivity contribution in [2.45, 2.75) is 19.3 Å². The number of nitrogens with zero attached hydrogens (tertiary/aromatic N) is 3. The summed E-state index contributed by atoms with van der Waals surface area (Å²) >= 11 is 6.00. The first-order valence-corrected chi connectivity index (χ1v) is 9.41. The average Bonchev–Trinajstić information content (AvgIpc) is 3.14. The van der Waals surface area contributed by atoms with Crippen molar-refractivity contribution in [3.8, 4) is 16.9 Å². The van der Waals surface area contributed by atoms with Gasteiger partial charge in [0.25, 0.3) is 5.91 Å². The summed E-state index contributed by atoms with van der Waals surface area (Å²) in [5, 5.41) is 5.25. The van der Waals surface area contributed by atoms with E-state index in [2.05, 4.69) is 5.10 Å². The molecule has 0 N–H and O–H groups in total. The van der Waals surface area contributed by atoms with E-state index < -0.39 is 0 Å². The Balaban J connectivity index is 1.78. The lowest BCUT2D eigenvalue weighted by atomic mass is 10.1. The molecule has 0 atom stereocenters. The van der Waals surface area contributed by atoms with Gasteiger partial charge in [-0.1, -0.05) is 11.6 Å². The van der Waals surface area contributed by atoms with Gasteiger partial charge in [0, 0.05) is 23.7 Å². The number of aromatic nitrogens is 2. The first kappa shape index (κ1) is 17.7. The van der Waals surface area contributed by atoms with E-state index in [4.69, 9.17) is 11.6 Å². The largest absolute Gasteiger partial charge is 0.337 e. The number of piperidine rings is 1.